The summed E-state index contributed by atoms with van der Waals surface area (Å²) >= 11 is 0. The van der Waals surface area contributed by atoms with Crippen molar-refractivity contribution in [1.29, 1.82) is 0 Å². The summed E-state index contributed by atoms with van der Waals surface area (Å²) < 4.78 is 0. The van der Waals surface area contributed by atoms with E-state index in [2.05, 4.69) is 27.7 Å². The SMILES string of the molecule is CC(C)C(C(C)C)C1(N)C2CCCC21. The van der Waals surface area contributed by atoms with Crippen LogP contribution in [-0.4, -0.2) is 5.54 Å². The van der Waals surface area contributed by atoms with Crippen LogP contribution >= 0.6 is 0 Å². The lowest BCUT2D eigenvalue weighted by molar-refractivity contribution is 0.194. The van der Waals surface area contributed by atoms with Gasteiger partial charge in [-0.05, 0) is 42.4 Å². The van der Waals surface area contributed by atoms with Crippen LogP contribution < -0.4 is 5.73 Å². The van der Waals surface area contributed by atoms with Crippen LogP contribution in [0.5, 0.6) is 0 Å². The van der Waals surface area contributed by atoms with Gasteiger partial charge in [0.15, 0.2) is 0 Å². The second-order valence-corrected chi connectivity index (χ2v) is 6.16. The van der Waals surface area contributed by atoms with Crippen LogP contribution in [0.25, 0.3) is 0 Å². The van der Waals surface area contributed by atoms with Gasteiger partial charge in [0.25, 0.3) is 0 Å². The molecule has 1 heteroatoms. The van der Waals surface area contributed by atoms with Crippen molar-refractivity contribution in [3.8, 4) is 0 Å². The Bertz CT molecular complexity index is 201. The Kier molecular flexibility index (Phi) is 2.42. The van der Waals surface area contributed by atoms with E-state index in [0.29, 0.717) is 0 Å². The smallest absolute Gasteiger partial charge is 0.0251 e. The summed E-state index contributed by atoms with van der Waals surface area (Å²) in [6.45, 7) is 9.36. The molecular weight excluding hydrogens is 170 g/mol. The predicted octanol–water partition coefficient (Wildman–Crippen LogP) is 3.04. The standard InChI is InChI=1S/C13H25N/c1-8(2)12(9(3)4)13(14)10-6-5-7-11(10)13/h8-12H,5-7,14H2,1-4H3. The lowest BCUT2D eigenvalue weighted by Crippen LogP contribution is -2.43. The minimum absolute atomic E-state index is 0.223. The van der Waals surface area contributed by atoms with Crippen molar-refractivity contribution in [3.63, 3.8) is 0 Å². The Morgan fingerprint density at radius 2 is 1.43 bits per heavy atom. The van der Waals surface area contributed by atoms with E-state index < -0.39 is 0 Å². The van der Waals surface area contributed by atoms with Crippen molar-refractivity contribution in [3.05, 3.63) is 0 Å². The third-order valence-corrected chi connectivity index (χ3v) is 4.71. The summed E-state index contributed by atoms with van der Waals surface area (Å²) in [5.74, 6) is 3.96. The maximum Gasteiger partial charge on any atom is 0.0251 e. The van der Waals surface area contributed by atoms with Crippen LogP contribution in [0.2, 0.25) is 0 Å². The molecule has 2 aliphatic rings. The van der Waals surface area contributed by atoms with Crippen molar-refractivity contribution in [2.45, 2.75) is 52.5 Å². The molecule has 2 aliphatic carbocycles. The number of hydrogen-bond donors (Lipinski definition) is 1. The van der Waals surface area contributed by atoms with Gasteiger partial charge in [-0.25, -0.2) is 0 Å². The summed E-state index contributed by atoms with van der Waals surface area (Å²) in [5, 5.41) is 0. The van der Waals surface area contributed by atoms with E-state index >= 15 is 0 Å². The summed E-state index contributed by atoms with van der Waals surface area (Å²) in [6, 6.07) is 0. The Morgan fingerprint density at radius 3 is 1.79 bits per heavy atom. The molecule has 2 saturated carbocycles. The van der Waals surface area contributed by atoms with Gasteiger partial charge in [0.2, 0.25) is 0 Å². The molecule has 2 fully saturated rings. The monoisotopic (exact) mass is 195 g/mol. The first kappa shape index (κ1) is 10.5. The molecule has 0 heterocycles. The van der Waals surface area contributed by atoms with E-state index in [1.54, 1.807) is 0 Å². The zero-order valence-electron chi connectivity index (χ0n) is 10.1. The maximum absolute atomic E-state index is 6.64. The number of fused-ring (bicyclic) bond motifs is 1. The Hall–Kier alpha value is -0.0400. The first-order valence-electron chi connectivity index (χ1n) is 6.28. The molecule has 0 aliphatic heterocycles. The van der Waals surface area contributed by atoms with Gasteiger partial charge in [0.05, 0.1) is 0 Å². The molecule has 0 aromatic rings. The fourth-order valence-electron chi connectivity index (χ4n) is 4.47. The third-order valence-electron chi connectivity index (χ3n) is 4.71. The van der Waals surface area contributed by atoms with E-state index in [9.17, 15) is 0 Å². The number of rotatable bonds is 3. The topological polar surface area (TPSA) is 26.0 Å². The molecule has 0 aromatic heterocycles. The molecule has 2 unspecified atom stereocenters. The fraction of sp³-hybridized carbons (Fsp3) is 1.00. The molecule has 1 nitrogen and oxygen atoms in total. The van der Waals surface area contributed by atoms with Crippen molar-refractivity contribution >= 4 is 0 Å². The largest absolute Gasteiger partial charge is 0.324 e. The van der Waals surface area contributed by atoms with Crippen molar-refractivity contribution < 1.29 is 0 Å². The van der Waals surface area contributed by atoms with Gasteiger partial charge >= 0.3 is 0 Å². The van der Waals surface area contributed by atoms with Gasteiger partial charge < -0.3 is 5.73 Å². The zero-order valence-corrected chi connectivity index (χ0v) is 10.1. The molecule has 2 N–H and O–H groups in total. The second kappa shape index (κ2) is 3.23. The fourth-order valence-corrected chi connectivity index (χ4v) is 4.47. The second-order valence-electron chi connectivity index (χ2n) is 6.16. The average Bonchev–Trinajstić information content (AvgIpc) is 2.47. The van der Waals surface area contributed by atoms with Crippen LogP contribution in [0.4, 0.5) is 0 Å². The van der Waals surface area contributed by atoms with E-state index in [4.69, 9.17) is 5.73 Å². The average molecular weight is 195 g/mol. The van der Waals surface area contributed by atoms with Gasteiger partial charge in [0, 0.05) is 5.54 Å². The van der Waals surface area contributed by atoms with E-state index in [0.717, 1.165) is 29.6 Å². The van der Waals surface area contributed by atoms with E-state index in [1.807, 2.05) is 0 Å². The summed E-state index contributed by atoms with van der Waals surface area (Å²) in [4.78, 5) is 0. The molecule has 0 spiro atoms. The number of hydrogen-bond acceptors (Lipinski definition) is 1. The highest BCUT2D eigenvalue weighted by molar-refractivity contribution is 5.21. The highest BCUT2D eigenvalue weighted by atomic mass is 14.9. The summed E-state index contributed by atoms with van der Waals surface area (Å²) in [7, 11) is 0. The normalized spacial score (nSPS) is 41.1. The molecule has 2 atom stereocenters. The highest BCUT2D eigenvalue weighted by Gasteiger charge is 2.67. The van der Waals surface area contributed by atoms with Crippen LogP contribution in [-0.2, 0) is 0 Å². The molecule has 0 aromatic carbocycles. The lowest BCUT2D eigenvalue weighted by Gasteiger charge is -2.34. The lowest BCUT2D eigenvalue weighted by atomic mass is 9.75. The minimum Gasteiger partial charge on any atom is -0.324 e. The Labute approximate surface area is 88.4 Å². The molecule has 0 bridgehead atoms. The first-order valence-corrected chi connectivity index (χ1v) is 6.28. The van der Waals surface area contributed by atoms with Crippen molar-refractivity contribution in [1.82, 2.24) is 0 Å². The summed E-state index contributed by atoms with van der Waals surface area (Å²) in [5.41, 5.74) is 6.87. The van der Waals surface area contributed by atoms with Gasteiger partial charge in [-0.3, -0.25) is 0 Å². The zero-order chi connectivity index (χ0) is 10.5. The molecule has 82 valence electrons. The van der Waals surface area contributed by atoms with Crippen LogP contribution in [0, 0.1) is 29.6 Å². The van der Waals surface area contributed by atoms with Gasteiger partial charge in [-0.2, -0.15) is 0 Å². The molecule has 0 radical (unpaired) electrons. The van der Waals surface area contributed by atoms with E-state index in [-0.39, 0.29) is 5.54 Å². The van der Waals surface area contributed by atoms with Gasteiger partial charge in [-0.1, -0.05) is 34.1 Å². The Balaban J connectivity index is 2.13. The first-order chi connectivity index (χ1) is 6.49. The van der Waals surface area contributed by atoms with Gasteiger partial charge in [0.1, 0.15) is 0 Å². The molecule has 0 saturated heterocycles. The molecule has 14 heavy (non-hydrogen) atoms. The quantitative estimate of drug-likeness (QED) is 0.736. The predicted molar refractivity (Wildman–Crippen MR) is 60.9 cm³/mol. The van der Waals surface area contributed by atoms with Gasteiger partial charge in [-0.15, -0.1) is 0 Å². The Morgan fingerprint density at radius 1 is 1.00 bits per heavy atom. The molecule has 0 amide bonds. The minimum atomic E-state index is 0.223. The van der Waals surface area contributed by atoms with Crippen molar-refractivity contribution in [2.24, 2.45) is 35.3 Å². The highest BCUT2D eigenvalue weighted by Crippen LogP contribution is 2.64. The summed E-state index contributed by atoms with van der Waals surface area (Å²) in [6.07, 6.45) is 4.23. The van der Waals surface area contributed by atoms with Crippen LogP contribution in [0.3, 0.4) is 0 Å². The van der Waals surface area contributed by atoms with Crippen LogP contribution in [0.1, 0.15) is 47.0 Å². The van der Waals surface area contributed by atoms with Crippen molar-refractivity contribution in [2.75, 3.05) is 0 Å². The van der Waals surface area contributed by atoms with Crippen LogP contribution in [0.15, 0.2) is 0 Å². The van der Waals surface area contributed by atoms with E-state index in [1.165, 1.54) is 19.3 Å². The molecular formula is C13H25N. The number of nitrogens with two attached hydrogens (primary N) is 1. The third kappa shape index (κ3) is 1.25. The maximum atomic E-state index is 6.64. The molecule has 2 rings (SSSR count).